The van der Waals surface area contributed by atoms with E-state index in [9.17, 15) is 17.6 Å². The van der Waals surface area contributed by atoms with Gasteiger partial charge in [0.05, 0.1) is 11.3 Å². The van der Waals surface area contributed by atoms with E-state index < -0.39 is 23.6 Å². The molecule has 1 atom stereocenters. The molecule has 0 amide bonds. The fraction of sp³-hybridized carbons (Fsp3) is 0.200. The van der Waals surface area contributed by atoms with Gasteiger partial charge in [0.1, 0.15) is 5.82 Å². The molecule has 1 N–H and O–H groups in total. The topological polar surface area (TPSA) is 12.0 Å². The molecule has 0 saturated heterocycles. The molecule has 2 aromatic rings. The molecule has 21 heavy (non-hydrogen) atoms. The van der Waals surface area contributed by atoms with Crippen molar-refractivity contribution < 1.29 is 17.6 Å². The first-order valence-corrected chi connectivity index (χ1v) is 6.95. The summed E-state index contributed by atoms with van der Waals surface area (Å²) < 4.78 is 52.4. The van der Waals surface area contributed by atoms with E-state index in [2.05, 4.69) is 21.2 Å². The number of anilines is 1. The molecule has 0 radical (unpaired) electrons. The van der Waals surface area contributed by atoms with Crippen molar-refractivity contribution in [1.82, 2.24) is 0 Å². The summed E-state index contributed by atoms with van der Waals surface area (Å²) in [5, 5.41) is 2.87. The highest BCUT2D eigenvalue weighted by Crippen LogP contribution is 2.31. The van der Waals surface area contributed by atoms with Crippen molar-refractivity contribution in [2.24, 2.45) is 0 Å². The van der Waals surface area contributed by atoms with Crippen LogP contribution in [0, 0.1) is 5.82 Å². The van der Waals surface area contributed by atoms with Gasteiger partial charge in [-0.25, -0.2) is 4.39 Å². The lowest BCUT2D eigenvalue weighted by Crippen LogP contribution is -2.10. The zero-order chi connectivity index (χ0) is 15.6. The SMILES string of the molecule is CC(Nc1ccc(Br)cc1F)c1cccc(C(F)(F)F)c1. The highest BCUT2D eigenvalue weighted by atomic mass is 79.9. The van der Waals surface area contributed by atoms with Crippen LogP contribution in [-0.4, -0.2) is 0 Å². The molecule has 0 saturated carbocycles. The maximum atomic E-state index is 13.7. The van der Waals surface area contributed by atoms with E-state index >= 15 is 0 Å². The number of nitrogens with one attached hydrogen (secondary N) is 1. The Morgan fingerprint density at radius 2 is 1.81 bits per heavy atom. The fourth-order valence-corrected chi connectivity index (χ4v) is 2.24. The Kier molecular flexibility index (Phi) is 4.56. The van der Waals surface area contributed by atoms with Crippen LogP contribution < -0.4 is 5.32 Å². The minimum Gasteiger partial charge on any atom is -0.376 e. The Hall–Kier alpha value is -1.56. The van der Waals surface area contributed by atoms with Crippen LogP contribution in [-0.2, 0) is 6.18 Å². The van der Waals surface area contributed by atoms with Gasteiger partial charge in [-0.1, -0.05) is 28.1 Å². The zero-order valence-electron chi connectivity index (χ0n) is 11.0. The highest BCUT2D eigenvalue weighted by molar-refractivity contribution is 9.10. The quantitative estimate of drug-likeness (QED) is 0.683. The van der Waals surface area contributed by atoms with Gasteiger partial charge in [-0.15, -0.1) is 0 Å². The largest absolute Gasteiger partial charge is 0.416 e. The lowest BCUT2D eigenvalue weighted by molar-refractivity contribution is -0.137. The summed E-state index contributed by atoms with van der Waals surface area (Å²) in [5.41, 5.74) is -0.0415. The molecular weight excluding hydrogens is 350 g/mol. The fourth-order valence-electron chi connectivity index (χ4n) is 1.91. The second-order valence-electron chi connectivity index (χ2n) is 4.61. The van der Waals surface area contributed by atoms with E-state index in [4.69, 9.17) is 0 Å². The zero-order valence-corrected chi connectivity index (χ0v) is 12.6. The van der Waals surface area contributed by atoms with Gasteiger partial charge in [-0.2, -0.15) is 13.2 Å². The van der Waals surface area contributed by atoms with Crippen LogP contribution in [0.4, 0.5) is 23.2 Å². The Morgan fingerprint density at radius 1 is 1.10 bits per heavy atom. The molecule has 2 aromatic carbocycles. The molecule has 6 heteroatoms. The molecule has 2 rings (SSSR count). The number of benzene rings is 2. The monoisotopic (exact) mass is 361 g/mol. The third-order valence-corrected chi connectivity index (χ3v) is 3.51. The van der Waals surface area contributed by atoms with Crippen molar-refractivity contribution in [1.29, 1.82) is 0 Å². The van der Waals surface area contributed by atoms with Crippen molar-refractivity contribution in [3.05, 3.63) is 63.9 Å². The molecule has 0 aromatic heterocycles. The molecule has 0 bridgehead atoms. The van der Waals surface area contributed by atoms with Gasteiger partial charge in [0.25, 0.3) is 0 Å². The summed E-state index contributed by atoms with van der Waals surface area (Å²) in [7, 11) is 0. The second kappa shape index (κ2) is 6.05. The average molecular weight is 362 g/mol. The van der Waals surface area contributed by atoms with E-state index in [1.807, 2.05) is 0 Å². The Morgan fingerprint density at radius 3 is 2.43 bits per heavy atom. The van der Waals surface area contributed by atoms with Crippen LogP contribution in [0.1, 0.15) is 24.1 Å². The second-order valence-corrected chi connectivity index (χ2v) is 5.53. The van der Waals surface area contributed by atoms with Gasteiger partial charge >= 0.3 is 6.18 Å². The van der Waals surface area contributed by atoms with Gasteiger partial charge in [0, 0.05) is 10.5 Å². The number of hydrogen-bond acceptors (Lipinski definition) is 1. The third-order valence-electron chi connectivity index (χ3n) is 3.02. The number of halogens is 5. The van der Waals surface area contributed by atoms with E-state index in [0.717, 1.165) is 12.1 Å². The lowest BCUT2D eigenvalue weighted by Gasteiger charge is -2.18. The highest BCUT2D eigenvalue weighted by Gasteiger charge is 2.30. The maximum absolute atomic E-state index is 13.7. The van der Waals surface area contributed by atoms with Crippen LogP contribution in [0.2, 0.25) is 0 Å². The Labute approximate surface area is 128 Å². The Balaban J connectivity index is 2.22. The van der Waals surface area contributed by atoms with Crippen LogP contribution >= 0.6 is 15.9 Å². The first-order valence-electron chi connectivity index (χ1n) is 6.16. The van der Waals surface area contributed by atoms with Gasteiger partial charge in [0.2, 0.25) is 0 Å². The molecule has 112 valence electrons. The van der Waals surface area contributed by atoms with E-state index in [0.29, 0.717) is 10.0 Å². The molecule has 0 spiro atoms. The molecule has 0 aliphatic carbocycles. The van der Waals surface area contributed by atoms with Crippen LogP contribution in [0.15, 0.2) is 46.9 Å². The first kappa shape index (κ1) is 15.8. The summed E-state index contributed by atoms with van der Waals surface area (Å²) in [6, 6.07) is 9.01. The molecule has 0 fully saturated rings. The van der Waals surface area contributed by atoms with Crippen molar-refractivity contribution in [2.75, 3.05) is 5.32 Å². The molecular formula is C15H12BrF4N. The summed E-state index contributed by atoms with van der Waals surface area (Å²) >= 11 is 3.15. The summed E-state index contributed by atoms with van der Waals surface area (Å²) in [6.45, 7) is 1.68. The van der Waals surface area contributed by atoms with Crippen molar-refractivity contribution in [3.63, 3.8) is 0 Å². The van der Waals surface area contributed by atoms with E-state index in [1.54, 1.807) is 19.1 Å². The van der Waals surface area contributed by atoms with Crippen LogP contribution in [0.5, 0.6) is 0 Å². The van der Waals surface area contributed by atoms with Gasteiger partial charge in [-0.3, -0.25) is 0 Å². The minimum atomic E-state index is -4.39. The maximum Gasteiger partial charge on any atom is 0.416 e. The molecule has 0 aliphatic heterocycles. The number of hydrogen-bond donors (Lipinski definition) is 1. The van der Waals surface area contributed by atoms with Crippen molar-refractivity contribution in [3.8, 4) is 0 Å². The summed E-state index contributed by atoms with van der Waals surface area (Å²) in [5.74, 6) is -0.469. The molecule has 0 aliphatic rings. The molecule has 1 unspecified atom stereocenters. The first-order chi connectivity index (χ1) is 9.77. The van der Waals surface area contributed by atoms with Crippen molar-refractivity contribution >= 4 is 21.6 Å². The van der Waals surface area contributed by atoms with Gasteiger partial charge in [0.15, 0.2) is 0 Å². The normalized spacial score (nSPS) is 13.0. The minimum absolute atomic E-state index is 0.239. The predicted octanol–water partition coefficient (Wildman–Crippen LogP) is 5.78. The molecule has 0 heterocycles. The summed E-state index contributed by atoms with van der Waals surface area (Å²) in [4.78, 5) is 0. The van der Waals surface area contributed by atoms with E-state index in [1.165, 1.54) is 18.2 Å². The third kappa shape index (κ3) is 3.97. The van der Waals surface area contributed by atoms with Gasteiger partial charge in [-0.05, 0) is 42.8 Å². The number of rotatable bonds is 3. The predicted molar refractivity (Wildman–Crippen MR) is 77.6 cm³/mol. The van der Waals surface area contributed by atoms with E-state index in [-0.39, 0.29) is 5.69 Å². The Bertz CT molecular complexity index is 640. The summed E-state index contributed by atoms with van der Waals surface area (Å²) in [6.07, 6.45) is -4.39. The van der Waals surface area contributed by atoms with Crippen LogP contribution in [0.3, 0.4) is 0 Å². The van der Waals surface area contributed by atoms with Gasteiger partial charge < -0.3 is 5.32 Å². The standard InChI is InChI=1S/C15H12BrF4N/c1-9(21-14-6-5-12(16)8-13(14)17)10-3-2-4-11(7-10)15(18,19)20/h2-9,21H,1H3. The van der Waals surface area contributed by atoms with Crippen molar-refractivity contribution in [2.45, 2.75) is 19.1 Å². The average Bonchev–Trinajstić information content (AvgIpc) is 2.41. The molecule has 1 nitrogen and oxygen atoms in total. The smallest absolute Gasteiger partial charge is 0.376 e. The number of alkyl halides is 3. The lowest BCUT2D eigenvalue weighted by atomic mass is 10.0. The van der Waals surface area contributed by atoms with Crippen LogP contribution in [0.25, 0.3) is 0 Å².